The lowest BCUT2D eigenvalue weighted by atomic mass is 9.83. The molecule has 5 rings (SSSR count). The molecule has 1 atom stereocenters. The van der Waals surface area contributed by atoms with Crippen molar-refractivity contribution in [1.29, 1.82) is 0 Å². The van der Waals surface area contributed by atoms with Gasteiger partial charge < -0.3 is 14.2 Å². The number of fused-ring (bicyclic) bond motifs is 2. The van der Waals surface area contributed by atoms with Crippen LogP contribution in [0.5, 0.6) is 11.5 Å². The number of unbranched alkanes of at least 4 members (excludes halogenated alkanes) is 1. The molecule has 158 valence electrons. The highest BCUT2D eigenvalue weighted by Crippen LogP contribution is 2.55. The van der Waals surface area contributed by atoms with Crippen LogP contribution in [-0.2, 0) is 10.3 Å². The zero-order valence-electron chi connectivity index (χ0n) is 18.3. The minimum Gasteiger partial charge on any atom is -0.454 e. The van der Waals surface area contributed by atoms with Gasteiger partial charge in [0.2, 0.25) is 6.79 Å². The summed E-state index contributed by atoms with van der Waals surface area (Å²) in [6.07, 6.45) is 3.46. The van der Waals surface area contributed by atoms with Gasteiger partial charge in [0.05, 0.1) is 18.8 Å². The van der Waals surface area contributed by atoms with Crippen molar-refractivity contribution < 1.29 is 14.2 Å². The summed E-state index contributed by atoms with van der Waals surface area (Å²) in [4.78, 5) is 2.61. The molecule has 0 aromatic heterocycles. The van der Waals surface area contributed by atoms with Crippen molar-refractivity contribution in [3.63, 3.8) is 0 Å². The lowest BCUT2D eigenvalue weighted by molar-refractivity contribution is -0.00559. The van der Waals surface area contributed by atoms with Crippen LogP contribution in [-0.4, -0.2) is 38.0 Å². The van der Waals surface area contributed by atoms with E-state index in [9.17, 15) is 0 Å². The molecule has 2 heterocycles. The first-order chi connectivity index (χ1) is 14.6. The van der Waals surface area contributed by atoms with Crippen LogP contribution in [0.2, 0.25) is 0 Å². The number of morpholine rings is 1. The SMILES string of the molecule is CCCCC1=C(c2ccc(C)cc2)c2cc3c(cc2C1(C)N1CCOCC1)OCO3. The summed E-state index contributed by atoms with van der Waals surface area (Å²) in [5.74, 6) is 1.73. The van der Waals surface area contributed by atoms with Crippen LogP contribution in [0, 0.1) is 6.92 Å². The number of aryl methyl sites for hydroxylation is 1. The van der Waals surface area contributed by atoms with Gasteiger partial charge in [-0.25, -0.2) is 0 Å². The van der Waals surface area contributed by atoms with Crippen LogP contribution in [0.3, 0.4) is 0 Å². The van der Waals surface area contributed by atoms with Crippen LogP contribution in [0.25, 0.3) is 5.57 Å². The Bertz CT molecular complexity index is 973. The molecule has 0 radical (unpaired) electrons. The monoisotopic (exact) mass is 405 g/mol. The average molecular weight is 406 g/mol. The van der Waals surface area contributed by atoms with E-state index in [1.54, 1.807) is 0 Å². The summed E-state index contributed by atoms with van der Waals surface area (Å²) < 4.78 is 17.3. The number of nitrogens with zero attached hydrogens (tertiary/aromatic N) is 1. The van der Waals surface area contributed by atoms with E-state index in [1.807, 2.05) is 0 Å². The first-order valence-electron chi connectivity index (χ1n) is 11.2. The summed E-state index contributed by atoms with van der Waals surface area (Å²) >= 11 is 0. The summed E-state index contributed by atoms with van der Waals surface area (Å²) in [5, 5.41) is 0. The van der Waals surface area contributed by atoms with Crippen molar-refractivity contribution in [3.05, 3.63) is 64.2 Å². The van der Waals surface area contributed by atoms with Gasteiger partial charge in [0.15, 0.2) is 11.5 Å². The molecule has 1 unspecified atom stereocenters. The first kappa shape index (κ1) is 19.7. The van der Waals surface area contributed by atoms with E-state index < -0.39 is 0 Å². The molecule has 0 saturated carbocycles. The Morgan fingerprint density at radius 2 is 1.70 bits per heavy atom. The number of rotatable bonds is 5. The van der Waals surface area contributed by atoms with Crippen LogP contribution >= 0.6 is 0 Å². The third-order valence-corrected chi connectivity index (χ3v) is 6.96. The highest BCUT2D eigenvalue weighted by molar-refractivity contribution is 5.91. The molecular formula is C26H31NO3. The molecule has 2 aliphatic heterocycles. The maximum absolute atomic E-state index is 5.79. The number of ether oxygens (including phenoxy) is 3. The third-order valence-electron chi connectivity index (χ3n) is 6.96. The highest BCUT2D eigenvalue weighted by atomic mass is 16.7. The molecule has 3 aliphatic rings. The van der Waals surface area contributed by atoms with Crippen molar-refractivity contribution in [3.8, 4) is 11.5 Å². The van der Waals surface area contributed by atoms with Gasteiger partial charge in [-0.1, -0.05) is 43.2 Å². The number of hydrogen-bond acceptors (Lipinski definition) is 4. The molecule has 1 aliphatic carbocycles. The molecule has 1 fully saturated rings. The Balaban J connectivity index is 1.75. The molecular weight excluding hydrogens is 374 g/mol. The van der Waals surface area contributed by atoms with Gasteiger partial charge in [-0.05, 0) is 66.7 Å². The zero-order valence-corrected chi connectivity index (χ0v) is 18.3. The lowest BCUT2D eigenvalue weighted by Gasteiger charge is -2.44. The van der Waals surface area contributed by atoms with E-state index in [2.05, 4.69) is 62.1 Å². The Morgan fingerprint density at radius 3 is 2.40 bits per heavy atom. The van der Waals surface area contributed by atoms with E-state index in [0.717, 1.165) is 44.2 Å². The molecule has 1 saturated heterocycles. The summed E-state index contributed by atoms with van der Waals surface area (Å²) in [6.45, 7) is 10.6. The van der Waals surface area contributed by atoms with Crippen LogP contribution < -0.4 is 9.47 Å². The third kappa shape index (κ3) is 3.05. The zero-order chi connectivity index (χ0) is 20.7. The molecule has 4 heteroatoms. The molecule has 0 spiro atoms. The van der Waals surface area contributed by atoms with Crippen molar-refractivity contribution in [1.82, 2.24) is 4.90 Å². The minimum atomic E-state index is -0.157. The maximum atomic E-state index is 5.79. The van der Waals surface area contributed by atoms with Crippen molar-refractivity contribution in [2.75, 3.05) is 33.1 Å². The standard InChI is InChI=1S/C26H31NO3/c1-4-5-6-21-25(19-9-7-18(2)8-10-19)20-15-23-24(30-17-29-23)16-22(20)26(21,3)27-11-13-28-14-12-27/h7-10,15-16H,4-6,11-14,17H2,1-3H3. The van der Waals surface area contributed by atoms with E-state index in [-0.39, 0.29) is 5.54 Å². The quantitative estimate of drug-likeness (QED) is 0.677. The molecule has 30 heavy (non-hydrogen) atoms. The van der Waals surface area contributed by atoms with Crippen LogP contribution in [0.1, 0.15) is 55.4 Å². The van der Waals surface area contributed by atoms with Gasteiger partial charge in [-0.3, -0.25) is 4.90 Å². The molecule has 0 N–H and O–H groups in total. The van der Waals surface area contributed by atoms with Gasteiger partial charge in [-0.2, -0.15) is 0 Å². The molecule has 4 nitrogen and oxygen atoms in total. The minimum absolute atomic E-state index is 0.157. The van der Waals surface area contributed by atoms with Crippen molar-refractivity contribution >= 4 is 5.57 Å². The largest absolute Gasteiger partial charge is 0.454 e. The predicted molar refractivity (Wildman–Crippen MR) is 119 cm³/mol. The Morgan fingerprint density at radius 1 is 1.00 bits per heavy atom. The van der Waals surface area contributed by atoms with Crippen molar-refractivity contribution in [2.45, 2.75) is 45.6 Å². The number of benzene rings is 2. The molecule has 0 amide bonds. The smallest absolute Gasteiger partial charge is 0.231 e. The average Bonchev–Trinajstić information content (AvgIpc) is 3.33. The molecule has 2 aromatic rings. The fourth-order valence-corrected chi connectivity index (χ4v) is 5.26. The van der Waals surface area contributed by atoms with Crippen LogP contribution in [0.15, 0.2) is 42.0 Å². The van der Waals surface area contributed by atoms with Gasteiger partial charge in [-0.15, -0.1) is 0 Å². The fraction of sp³-hybridized carbons (Fsp3) is 0.462. The second-order valence-electron chi connectivity index (χ2n) is 8.75. The maximum Gasteiger partial charge on any atom is 0.231 e. The Hall–Kier alpha value is -2.30. The predicted octanol–water partition coefficient (Wildman–Crippen LogP) is 5.28. The second-order valence-corrected chi connectivity index (χ2v) is 8.75. The van der Waals surface area contributed by atoms with Gasteiger partial charge in [0.1, 0.15) is 0 Å². The normalized spacial score (nSPS) is 23.2. The number of hydrogen-bond donors (Lipinski definition) is 0. The van der Waals surface area contributed by atoms with E-state index in [0.29, 0.717) is 6.79 Å². The first-order valence-corrected chi connectivity index (χ1v) is 11.2. The van der Waals surface area contributed by atoms with Gasteiger partial charge in [0.25, 0.3) is 0 Å². The Kier molecular flexibility index (Phi) is 5.08. The lowest BCUT2D eigenvalue weighted by Crippen LogP contribution is -2.50. The van der Waals surface area contributed by atoms with Gasteiger partial charge in [0, 0.05) is 13.1 Å². The van der Waals surface area contributed by atoms with E-state index >= 15 is 0 Å². The van der Waals surface area contributed by atoms with E-state index in [1.165, 1.54) is 46.2 Å². The molecule has 0 bridgehead atoms. The summed E-state index contributed by atoms with van der Waals surface area (Å²) in [6, 6.07) is 13.4. The second kappa shape index (κ2) is 7.75. The van der Waals surface area contributed by atoms with Crippen LogP contribution in [0.4, 0.5) is 0 Å². The summed E-state index contributed by atoms with van der Waals surface area (Å²) in [7, 11) is 0. The summed E-state index contributed by atoms with van der Waals surface area (Å²) in [5.41, 5.74) is 7.96. The van der Waals surface area contributed by atoms with E-state index in [4.69, 9.17) is 14.2 Å². The highest BCUT2D eigenvalue weighted by Gasteiger charge is 2.46. The van der Waals surface area contributed by atoms with Crippen molar-refractivity contribution in [2.24, 2.45) is 0 Å². The van der Waals surface area contributed by atoms with Gasteiger partial charge >= 0.3 is 0 Å². The Labute approximate surface area is 179 Å². The molecule has 2 aromatic carbocycles. The topological polar surface area (TPSA) is 30.9 Å². The fourth-order valence-electron chi connectivity index (χ4n) is 5.26.